The Hall–Kier alpha value is -2.07. The number of aryl methyl sites for hydroxylation is 1. The van der Waals surface area contributed by atoms with Gasteiger partial charge >= 0.3 is 10.1 Å². The van der Waals surface area contributed by atoms with Crippen LogP contribution in [0.25, 0.3) is 5.76 Å². The van der Waals surface area contributed by atoms with Gasteiger partial charge in [0.25, 0.3) is 0 Å². The van der Waals surface area contributed by atoms with Crippen molar-refractivity contribution in [3.05, 3.63) is 72.3 Å². The lowest BCUT2D eigenvalue weighted by atomic mass is 10.2. The largest absolute Gasteiger partial charge is 0.379 e. The zero-order valence-corrected chi connectivity index (χ0v) is 11.4. The predicted octanol–water partition coefficient (Wildman–Crippen LogP) is 3.37. The Morgan fingerprint density at radius 3 is 2.16 bits per heavy atom. The second-order valence-electron chi connectivity index (χ2n) is 4.14. The van der Waals surface area contributed by atoms with Crippen LogP contribution in [0, 0.1) is 6.92 Å². The summed E-state index contributed by atoms with van der Waals surface area (Å²) < 4.78 is 29.1. The van der Waals surface area contributed by atoms with E-state index < -0.39 is 10.1 Å². The van der Waals surface area contributed by atoms with E-state index in [1.807, 2.05) is 13.0 Å². The van der Waals surface area contributed by atoms with Crippen molar-refractivity contribution < 1.29 is 12.6 Å². The molecular formula is C15H14O3S. The molecule has 0 aromatic heterocycles. The molecule has 0 amide bonds. The fraction of sp³-hybridized carbons (Fsp3) is 0.0667. The summed E-state index contributed by atoms with van der Waals surface area (Å²) >= 11 is 0. The lowest BCUT2D eigenvalue weighted by molar-refractivity contribution is 0.464. The molecule has 4 heteroatoms. The van der Waals surface area contributed by atoms with Crippen molar-refractivity contribution in [2.75, 3.05) is 0 Å². The zero-order valence-electron chi connectivity index (χ0n) is 10.5. The molecule has 2 aromatic carbocycles. The first-order valence-electron chi connectivity index (χ1n) is 5.74. The minimum Gasteiger partial charge on any atom is -0.379 e. The van der Waals surface area contributed by atoms with Gasteiger partial charge in [0.05, 0.1) is 0 Å². The molecule has 0 saturated carbocycles. The molecule has 0 aliphatic carbocycles. The molecule has 3 nitrogen and oxygen atoms in total. The average molecular weight is 274 g/mol. The van der Waals surface area contributed by atoms with E-state index in [9.17, 15) is 8.42 Å². The van der Waals surface area contributed by atoms with E-state index in [-0.39, 0.29) is 10.7 Å². The minimum absolute atomic E-state index is 0.112. The first-order valence-corrected chi connectivity index (χ1v) is 7.15. The van der Waals surface area contributed by atoms with Gasteiger partial charge in [-0.25, -0.2) is 0 Å². The first kappa shape index (κ1) is 13.4. The molecule has 0 aliphatic rings. The third-order valence-corrected chi connectivity index (χ3v) is 3.89. The van der Waals surface area contributed by atoms with E-state index in [0.29, 0.717) is 5.56 Å². The average Bonchev–Trinajstić information content (AvgIpc) is 2.40. The maximum absolute atomic E-state index is 12.0. The Bertz CT molecular complexity index is 671. The van der Waals surface area contributed by atoms with E-state index in [0.717, 1.165) is 5.56 Å². The van der Waals surface area contributed by atoms with Crippen LogP contribution < -0.4 is 0 Å². The van der Waals surface area contributed by atoms with Crippen molar-refractivity contribution in [2.24, 2.45) is 0 Å². The van der Waals surface area contributed by atoms with Crippen LogP contribution in [0.2, 0.25) is 0 Å². The summed E-state index contributed by atoms with van der Waals surface area (Å²) in [7, 11) is -3.82. The Labute approximate surface area is 113 Å². The normalized spacial score (nSPS) is 11.0. The molecule has 0 radical (unpaired) electrons. The highest BCUT2D eigenvalue weighted by molar-refractivity contribution is 7.87. The van der Waals surface area contributed by atoms with E-state index in [4.69, 9.17) is 4.18 Å². The quantitative estimate of drug-likeness (QED) is 0.634. The van der Waals surface area contributed by atoms with E-state index in [2.05, 4.69) is 6.58 Å². The molecule has 0 saturated heterocycles. The fourth-order valence-electron chi connectivity index (χ4n) is 1.56. The second-order valence-corrected chi connectivity index (χ2v) is 5.69. The smallest absolute Gasteiger partial charge is 0.339 e. The molecule has 0 N–H and O–H groups in total. The molecule has 0 aliphatic heterocycles. The predicted molar refractivity (Wildman–Crippen MR) is 74.9 cm³/mol. The van der Waals surface area contributed by atoms with Crippen LogP contribution in [-0.4, -0.2) is 8.42 Å². The van der Waals surface area contributed by atoms with Crippen molar-refractivity contribution in [3.8, 4) is 0 Å². The Morgan fingerprint density at radius 1 is 1.00 bits per heavy atom. The van der Waals surface area contributed by atoms with Crippen LogP contribution in [-0.2, 0) is 14.3 Å². The number of rotatable bonds is 4. The second kappa shape index (κ2) is 5.28. The van der Waals surface area contributed by atoms with Gasteiger partial charge in [-0.1, -0.05) is 54.6 Å². The van der Waals surface area contributed by atoms with Gasteiger partial charge in [-0.3, -0.25) is 0 Å². The summed E-state index contributed by atoms with van der Waals surface area (Å²) in [6.45, 7) is 5.54. The van der Waals surface area contributed by atoms with Gasteiger partial charge in [-0.2, -0.15) is 8.42 Å². The van der Waals surface area contributed by atoms with E-state index in [1.165, 1.54) is 12.1 Å². The van der Waals surface area contributed by atoms with Gasteiger partial charge in [0, 0.05) is 5.56 Å². The SMILES string of the molecule is C=C(OS(=O)(=O)c1ccc(C)cc1)c1ccccc1. The number of benzene rings is 2. The van der Waals surface area contributed by atoms with Crippen LogP contribution in [0.4, 0.5) is 0 Å². The molecule has 2 rings (SSSR count). The molecule has 0 fully saturated rings. The van der Waals surface area contributed by atoms with Gasteiger partial charge in [0.1, 0.15) is 10.7 Å². The third-order valence-electron chi connectivity index (χ3n) is 2.62. The third kappa shape index (κ3) is 3.23. The van der Waals surface area contributed by atoms with Crippen LogP contribution in [0.1, 0.15) is 11.1 Å². The zero-order chi connectivity index (χ0) is 13.9. The van der Waals surface area contributed by atoms with Gasteiger partial charge in [-0.15, -0.1) is 0 Å². The summed E-state index contributed by atoms with van der Waals surface area (Å²) in [4.78, 5) is 0.121. The Balaban J connectivity index is 2.23. The lowest BCUT2D eigenvalue weighted by Crippen LogP contribution is -2.05. The summed E-state index contributed by atoms with van der Waals surface area (Å²) in [5.74, 6) is 0.112. The maximum atomic E-state index is 12.0. The molecule has 2 aromatic rings. The van der Waals surface area contributed by atoms with Crippen molar-refractivity contribution in [3.63, 3.8) is 0 Å². The highest BCUT2D eigenvalue weighted by Crippen LogP contribution is 2.21. The summed E-state index contributed by atoms with van der Waals surface area (Å²) in [6, 6.07) is 15.4. The first-order chi connectivity index (χ1) is 8.99. The van der Waals surface area contributed by atoms with Crippen molar-refractivity contribution in [1.82, 2.24) is 0 Å². The van der Waals surface area contributed by atoms with Crippen molar-refractivity contribution in [1.29, 1.82) is 0 Å². The van der Waals surface area contributed by atoms with Gasteiger partial charge in [0.15, 0.2) is 0 Å². The van der Waals surface area contributed by atoms with Crippen molar-refractivity contribution in [2.45, 2.75) is 11.8 Å². The number of hydrogen-bond acceptors (Lipinski definition) is 3. The highest BCUT2D eigenvalue weighted by atomic mass is 32.2. The summed E-state index contributed by atoms with van der Waals surface area (Å²) in [6.07, 6.45) is 0. The van der Waals surface area contributed by atoms with Crippen LogP contribution >= 0.6 is 0 Å². The Kier molecular flexibility index (Phi) is 3.71. The van der Waals surface area contributed by atoms with Crippen LogP contribution in [0.5, 0.6) is 0 Å². The standard InChI is InChI=1S/C15H14O3S/c1-12-8-10-15(11-9-12)19(16,17)18-13(2)14-6-4-3-5-7-14/h3-11H,2H2,1H3. The topological polar surface area (TPSA) is 43.4 Å². The molecule has 0 heterocycles. The van der Waals surface area contributed by atoms with Gasteiger partial charge < -0.3 is 4.18 Å². The maximum Gasteiger partial charge on any atom is 0.339 e. The molecule has 0 bridgehead atoms. The van der Waals surface area contributed by atoms with Crippen molar-refractivity contribution >= 4 is 15.9 Å². The fourth-order valence-corrected chi connectivity index (χ4v) is 2.48. The Morgan fingerprint density at radius 2 is 1.58 bits per heavy atom. The molecular weight excluding hydrogens is 260 g/mol. The summed E-state index contributed by atoms with van der Waals surface area (Å²) in [5, 5.41) is 0. The summed E-state index contributed by atoms with van der Waals surface area (Å²) in [5.41, 5.74) is 1.62. The molecule has 0 spiro atoms. The minimum atomic E-state index is -3.82. The number of hydrogen-bond donors (Lipinski definition) is 0. The molecule has 0 atom stereocenters. The van der Waals surface area contributed by atoms with E-state index in [1.54, 1.807) is 36.4 Å². The van der Waals surface area contributed by atoms with Gasteiger partial charge in [0.2, 0.25) is 0 Å². The van der Waals surface area contributed by atoms with Crippen LogP contribution in [0.15, 0.2) is 66.1 Å². The van der Waals surface area contributed by atoms with Gasteiger partial charge in [-0.05, 0) is 19.1 Å². The van der Waals surface area contributed by atoms with Crippen LogP contribution in [0.3, 0.4) is 0 Å². The monoisotopic (exact) mass is 274 g/mol. The molecule has 98 valence electrons. The molecule has 0 unspecified atom stereocenters. The highest BCUT2D eigenvalue weighted by Gasteiger charge is 2.17. The van der Waals surface area contributed by atoms with E-state index >= 15 is 0 Å². The molecule has 19 heavy (non-hydrogen) atoms. The lowest BCUT2D eigenvalue weighted by Gasteiger charge is -2.09.